The molecule has 0 radical (unpaired) electrons. The summed E-state index contributed by atoms with van der Waals surface area (Å²) in [7, 11) is 3.87. The summed E-state index contributed by atoms with van der Waals surface area (Å²) in [6, 6.07) is 2.06. The van der Waals surface area contributed by atoms with Gasteiger partial charge in [0.05, 0.1) is 12.8 Å². The van der Waals surface area contributed by atoms with Crippen LogP contribution in [0.25, 0.3) is 0 Å². The molecule has 4 nitrogen and oxygen atoms in total. The number of hydrogen-bond acceptors (Lipinski definition) is 4. The maximum Gasteiger partial charge on any atom is 0.122 e. The normalized spacial score (nSPS) is 12.3. The number of methoxy groups -OCH3 is 1. The SMILES string of the molecule is COCCCN(C)Cc1ccoc1CNC(C)(C)C. The lowest BCUT2D eigenvalue weighted by Crippen LogP contribution is -2.35. The first-order valence-corrected chi connectivity index (χ1v) is 6.90. The minimum Gasteiger partial charge on any atom is -0.468 e. The zero-order valence-electron chi connectivity index (χ0n) is 13.0. The summed E-state index contributed by atoms with van der Waals surface area (Å²) in [4.78, 5) is 2.30. The second-order valence-corrected chi connectivity index (χ2v) is 6.06. The molecule has 0 aliphatic heterocycles. The van der Waals surface area contributed by atoms with Crippen LogP contribution in [0.2, 0.25) is 0 Å². The molecule has 0 fully saturated rings. The van der Waals surface area contributed by atoms with Crippen molar-refractivity contribution in [2.75, 3.05) is 27.3 Å². The second-order valence-electron chi connectivity index (χ2n) is 6.06. The Balaban J connectivity index is 2.43. The topological polar surface area (TPSA) is 37.6 Å². The lowest BCUT2D eigenvalue weighted by Gasteiger charge is -2.21. The van der Waals surface area contributed by atoms with Crippen LogP contribution in [0.1, 0.15) is 38.5 Å². The molecule has 0 saturated carbocycles. The molecule has 19 heavy (non-hydrogen) atoms. The highest BCUT2D eigenvalue weighted by molar-refractivity contribution is 5.17. The Morgan fingerprint density at radius 2 is 2.11 bits per heavy atom. The lowest BCUT2D eigenvalue weighted by atomic mass is 10.1. The van der Waals surface area contributed by atoms with Crippen molar-refractivity contribution in [3.63, 3.8) is 0 Å². The molecular weight excluding hydrogens is 240 g/mol. The summed E-state index contributed by atoms with van der Waals surface area (Å²) in [6.45, 7) is 10.0. The van der Waals surface area contributed by atoms with E-state index in [-0.39, 0.29) is 5.54 Å². The molecule has 110 valence electrons. The van der Waals surface area contributed by atoms with E-state index in [0.29, 0.717) is 0 Å². The van der Waals surface area contributed by atoms with Crippen molar-refractivity contribution >= 4 is 0 Å². The van der Waals surface area contributed by atoms with Crippen molar-refractivity contribution in [1.82, 2.24) is 10.2 Å². The lowest BCUT2D eigenvalue weighted by molar-refractivity contribution is 0.178. The molecule has 0 aliphatic rings. The summed E-state index contributed by atoms with van der Waals surface area (Å²) in [5.41, 5.74) is 1.37. The van der Waals surface area contributed by atoms with Gasteiger partial charge in [0.2, 0.25) is 0 Å². The molecule has 0 unspecified atom stereocenters. The predicted octanol–water partition coefficient (Wildman–Crippen LogP) is 2.64. The van der Waals surface area contributed by atoms with Gasteiger partial charge in [0.15, 0.2) is 0 Å². The molecule has 4 heteroatoms. The van der Waals surface area contributed by atoms with Gasteiger partial charge >= 0.3 is 0 Å². The van der Waals surface area contributed by atoms with E-state index >= 15 is 0 Å². The Hall–Kier alpha value is -0.840. The van der Waals surface area contributed by atoms with Crippen LogP contribution < -0.4 is 5.32 Å². The van der Waals surface area contributed by atoms with E-state index < -0.39 is 0 Å². The average Bonchev–Trinajstić information content (AvgIpc) is 2.73. The highest BCUT2D eigenvalue weighted by Gasteiger charge is 2.13. The fraction of sp³-hybridized carbons (Fsp3) is 0.733. The average molecular weight is 268 g/mol. The Morgan fingerprint density at radius 1 is 1.37 bits per heavy atom. The maximum atomic E-state index is 5.57. The number of ether oxygens (including phenoxy) is 1. The third-order valence-corrected chi connectivity index (χ3v) is 2.95. The molecule has 1 N–H and O–H groups in total. The van der Waals surface area contributed by atoms with Crippen molar-refractivity contribution in [1.29, 1.82) is 0 Å². The first kappa shape index (κ1) is 16.2. The number of rotatable bonds is 8. The van der Waals surface area contributed by atoms with Crippen LogP contribution in [0.5, 0.6) is 0 Å². The molecule has 1 aromatic rings. The van der Waals surface area contributed by atoms with E-state index in [1.165, 1.54) is 5.56 Å². The van der Waals surface area contributed by atoms with Gasteiger partial charge in [0, 0.05) is 37.9 Å². The minimum atomic E-state index is 0.106. The standard InChI is InChI=1S/C15H28N2O2/c1-15(2,3)16-11-14-13(7-10-19-14)12-17(4)8-6-9-18-5/h7,10,16H,6,8-9,11-12H2,1-5H3. The maximum absolute atomic E-state index is 5.57. The van der Waals surface area contributed by atoms with Crippen LogP contribution in [-0.4, -0.2) is 37.7 Å². The van der Waals surface area contributed by atoms with Crippen LogP contribution in [-0.2, 0) is 17.8 Å². The van der Waals surface area contributed by atoms with Gasteiger partial charge in [-0.05, 0) is 40.3 Å². The molecule has 0 amide bonds. The number of hydrogen-bond donors (Lipinski definition) is 1. The summed E-state index contributed by atoms with van der Waals surface area (Å²) in [5, 5.41) is 3.46. The van der Waals surface area contributed by atoms with E-state index in [9.17, 15) is 0 Å². The molecule has 1 heterocycles. The van der Waals surface area contributed by atoms with Gasteiger partial charge in [-0.2, -0.15) is 0 Å². The minimum absolute atomic E-state index is 0.106. The summed E-state index contributed by atoms with van der Waals surface area (Å²) >= 11 is 0. The summed E-state index contributed by atoms with van der Waals surface area (Å²) < 4.78 is 10.6. The smallest absolute Gasteiger partial charge is 0.122 e. The second kappa shape index (κ2) is 7.68. The third kappa shape index (κ3) is 6.76. The summed E-state index contributed by atoms with van der Waals surface area (Å²) in [5.74, 6) is 1.04. The van der Waals surface area contributed by atoms with Crippen molar-refractivity contribution in [2.24, 2.45) is 0 Å². The Bertz CT molecular complexity index is 355. The number of nitrogens with one attached hydrogen (secondary N) is 1. The highest BCUT2D eigenvalue weighted by Crippen LogP contribution is 2.14. The van der Waals surface area contributed by atoms with Gasteiger partial charge < -0.3 is 19.4 Å². The van der Waals surface area contributed by atoms with Crippen LogP contribution in [0.4, 0.5) is 0 Å². The first-order valence-electron chi connectivity index (χ1n) is 6.90. The molecule has 0 bridgehead atoms. The molecule has 1 rings (SSSR count). The number of nitrogens with zero attached hydrogens (tertiary/aromatic N) is 1. The van der Waals surface area contributed by atoms with Gasteiger partial charge in [0.25, 0.3) is 0 Å². The van der Waals surface area contributed by atoms with Crippen molar-refractivity contribution < 1.29 is 9.15 Å². The third-order valence-electron chi connectivity index (χ3n) is 2.95. The van der Waals surface area contributed by atoms with E-state index in [4.69, 9.17) is 9.15 Å². The Morgan fingerprint density at radius 3 is 2.74 bits per heavy atom. The largest absolute Gasteiger partial charge is 0.468 e. The van der Waals surface area contributed by atoms with Crippen molar-refractivity contribution in [3.8, 4) is 0 Å². The highest BCUT2D eigenvalue weighted by atomic mass is 16.5. The van der Waals surface area contributed by atoms with E-state index in [2.05, 4.69) is 44.1 Å². The summed E-state index contributed by atoms with van der Waals surface area (Å²) in [6.07, 6.45) is 2.83. The van der Waals surface area contributed by atoms with Crippen LogP contribution in [0, 0.1) is 0 Å². The van der Waals surface area contributed by atoms with Crippen LogP contribution in [0.3, 0.4) is 0 Å². The fourth-order valence-corrected chi connectivity index (χ4v) is 1.86. The molecule has 0 saturated heterocycles. The van der Waals surface area contributed by atoms with Gasteiger partial charge in [-0.3, -0.25) is 0 Å². The molecule has 0 aliphatic carbocycles. The quantitative estimate of drug-likeness (QED) is 0.736. The van der Waals surface area contributed by atoms with Gasteiger partial charge in [-0.15, -0.1) is 0 Å². The van der Waals surface area contributed by atoms with Crippen LogP contribution >= 0.6 is 0 Å². The zero-order valence-corrected chi connectivity index (χ0v) is 13.0. The van der Waals surface area contributed by atoms with Crippen molar-refractivity contribution in [3.05, 3.63) is 23.7 Å². The van der Waals surface area contributed by atoms with E-state index in [1.54, 1.807) is 13.4 Å². The Labute approximate surface area is 117 Å². The number of furan rings is 1. The molecule has 0 spiro atoms. The molecule has 1 aromatic heterocycles. The first-order chi connectivity index (χ1) is 8.92. The molecule has 0 aromatic carbocycles. The predicted molar refractivity (Wildman–Crippen MR) is 78.1 cm³/mol. The van der Waals surface area contributed by atoms with Crippen LogP contribution in [0.15, 0.2) is 16.7 Å². The van der Waals surface area contributed by atoms with E-state index in [1.807, 2.05) is 0 Å². The van der Waals surface area contributed by atoms with Crippen molar-refractivity contribution in [2.45, 2.75) is 45.8 Å². The zero-order chi connectivity index (χ0) is 14.3. The Kier molecular flexibility index (Phi) is 6.55. The van der Waals surface area contributed by atoms with Gasteiger partial charge in [-0.1, -0.05) is 0 Å². The monoisotopic (exact) mass is 268 g/mol. The van der Waals surface area contributed by atoms with Gasteiger partial charge in [0.1, 0.15) is 5.76 Å². The molecule has 0 atom stereocenters. The fourth-order valence-electron chi connectivity index (χ4n) is 1.86. The van der Waals surface area contributed by atoms with E-state index in [0.717, 1.165) is 38.4 Å². The molecular formula is C15H28N2O2. The van der Waals surface area contributed by atoms with Gasteiger partial charge in [-0.25, -0.2) is 0 Å².